The average Bonchev–Trinajstić information content (AvgIpc) is 2.58. The lowest BCUT2D eigenvalue weighted by molar-refractivity contribution is -0.127. The number of aromatic hydroxyl groups is 1. The third kappa shape index (κ3) is 3.49. The molecule has 2 aliphatic rings. The first-order chi connectivity index (χ1) is 11.2. The van der Waals surface area contributed by atoms with E-state index < -0.39 is 0 Å². The van der Waals surface area contributed by atoms with Crippen molar-refractivity contribution in [2.45, 2.75) is 39.0 Å². The van der Waals surface area contributed by atoms with Crippen LogP contribution >= 0.6 is 0 Å². The van der Waals surface area contributed by atoms with Gasteiger partial charge < -0.3 is 10.0 Å². The highest BCUT2D eigenvalue weighted by Crippen LogP contribution is 2.32. The van der Waals surface area contributed by atoms with E-state index in [-0.39, 0.29) is 5.91 Å². The Hall–Kier alpha value is -2.03. The first kappa shape index (κ1) is 15.9. The molecule has 1 aliphatic heterocycles. The lowest BCUT2D eigenvalue weighted by Gasteiger charge is -2.30. The summed E-state index contributed by atoms with van der Waals surface area (Å²) in [5.41, 5.74) is 2.90. The minimum absolute atomic E-state index is 0.165. The summed E-state index contributed by atoms with van der Waals surface area (Å²) in [4.78, 5) is 14.9. The molecule has 1 amide bonds. The van der Waals surface area contributed by atoms with E-state index in [1.54, 1.807) is 6.07 Å². The minimum Gasteiger partial charge on any atom is -0.508 e. The van der Waals surface area contributed by atoms with E-state index in [1.165, 1.54) is 6.42 Å². The predicted molar refractivity (Wildman–Crippen MR) is 92.2 cm³/mol. The second-order valence-electron chi connectivity index (χ2n) is 6.64. The van der Waals surface area contributed by atoms with Crippen LogP contribution in [0.1, 0.15) is 38.2 Å². The maximum absolute atomic E-state index is 12.9. The molecule has 1 heterocycles. The van der Waals surface area contributed by atoms with Crippen LogP contribution in [0.25, 0.3) is 0 Å². The number of likely N-dealkylation sites (tertiary alicyclic amines) is 1. The number of para-hydroxylation sites is 1. The zero-order valence-electron chi connectivity index (χ0n) is 13.8. The smallest absolute Gasteiger partial charge is 0.253 e. The van der Waals surface area contributed by atoms with E-state index in [0.29, 0.717) is 18.1 Å². The van der Waals surface area contributed by atoms with E-state index in [2.05, 4.69) is 13.0 Å². The molecule has 3 rings (SSSR count). The lowest BCUT2D eigenvalue weighted by Crippen LogP contribution is -2.37. The van der Waals surface area contributed by atoms with Gasteiger partial charge in [0.2, 0.25) is 0 Å². The Bertz CT molecular complexity index is 639. The molecule has 122 valence electrons. The lowest BCUT2D eigenvalue weighted by atomic mass is 9.83. The van der Waals surface area contributed by atoms with Crippen LogP contribution in [-0.4, -0.2) is 29.0 Å². The molecule has 0 bridgehead atoms. The number of phenols is 1. The molecule has 23 heavy (non-hydrogen) atoms. The number of amides is 1. The van der Waals surface area contributed by atoms with Crippen LogP contribution in [0.4, 0.5) is 0 Å². The summed E-state index contributed by atoms with van der Waals surface area (Å²) in [7, 11) is 0. The van der Waals surface area contributed by atoms with Gasteiger partial charge in [-0.2, -0.15) is 0 Å². The molecule has 0 aromatic heterocycles. The average molecular weight is 311 g/mol. The van der Waals surface area contributed by atoms with E-state index in [1.807, 2.05) is 29.2 Å². The molecule has 1 aromatic rings. The quantitative estimate of drug-likeness (QED) is 0.921. The van der Waals surface area contributed by atoms with Crippen LogP contribution in [0.3, 0.4) is 0 Å². The Kier molecular flexibility index (Phi) is 4.85. The van der Waals surface area contributed by atoms with Gasteiger partial charge in [0.15, 0.2) is 0 Å². The van der Waals surface area contributed by atoms with Gasteiger partial charge in [0.25, 0.3) is 5.91 Å². The Morgan fingerprint density at radius 1 is 1.22 bits per heavy atom. The zero-order valence-corrected chi connectivity index (χ0v) is 13.8. The summed E-state index contributed by atoms with van der Waals surface area (Å²) in [6, 6.07) is 7.42. The van der Waals surface area contributed by atoms with Gasteiger partial charge in [-0.25, -0.2) is 0 Å². The molecule has 3 nitrogen and oxygen atoms in total. The maximum Gasteiger partial charge on any atom is 0.253 e. The number of benzene rings is 1. The van der Waals surface area contributed by atoms with Gasteiger partial charge in [0.05, 0.1) is 0 Å². The number of hydrogen-bond acceptors (Lipinski definition) is 2. The highest BCUT2D eigenvalue weighted by molar-refractivity contribution is 5.97. The predicted octanol–water partition coefficient (Wildman–Crippen LogP) is 3.84. The monoisotopic (exact) mass is 311 g/mol. The normalized spacial score (nSPS) is 21.6. The van der Waals surface area contributed by atoms with Crippen LogP contribution in [0.15, 0.2) is 47.6 Å². The first-order valence-electron chi connectivity index (χ1n) is 8.62. The fourth-order valence-corrected chi connectivity index (χ4v) is 3.52. The summed E-state index contributed by atoms with van der Waals surface area (Å²) in [5, 5.41) is 10.1. The summed E-state index contributed by atoms with van der Waals surface area (Å²) in [5.74, 6) is 0.813. The Labute approximate surface area is 138 Å². The van der Waals surface area contributed by atoms with Crippen molar-refractivity contribution >= 4 is 5.91 Å². The second-order valence-corrected chi connectivity index (χ2v) is 6.64. The molecule has 1 aliphatic carbocycles. The fourth-order valence-electron chi connectivity index (χ4n) is 3.52. The number of carbonyl (C=O) groups excluding carboxylic acids is 1. The number of carbonyl (C=O) groups is 1. The third-order valence-corrected chi connectivity index (χ3v) is 4.96. The molecule has 1 saturated heterocycles. The SMILES string of the molecule is CC1CC=CC(C(=O)N2CCCCC2)=C1Cc1ccccc1O. The van der Waals surface area contributed by atoms with Gasteiger partial charge in [-0.15, -0.1) is 0 Å². The minimum atomic E-state index is 0.165. The largest absolute Gasteiger partial charge is 0.508 e. The van der Waals surface area contributed by atoms with Crippen LogP contribution in [0, 0.1) is 5.92 Å². The highest BCUT2D eigenvalue weighted by atomic mass is 16.3. The molecule has 1 unspecified atom stereocenters. The molecule has 0 spiro atoms. The number of hydrogen-bond donors (Lipinski definition) is 1. The summed E-state index contributed by atoms with van der Waals surface area (Å²) >= 11 is 0. The van der Waals surface area contributed by atoms with Crippen molar-refractivity contribution < 1.29 is 9.90 Å². The first-order valence-corrected chi connectivity index (χ1v) is 8.62. The summed E-state index contributed by atoms with van der Waals surface area (Å²) in [6.07, 6.45) is 9.13. The Balaban J connectivity index is 1.90. The van der Waals surface area contributed by atoms with E-state index in [9.17, 15) is 9.90 Å². The summed E-state index contributed by atoms with van der Waals surface area (Å²) in [6.45, 7) is 3.91. The summed E-state index contributed by atoms with van der Waals surface area (Å²) < 4.78 is 0. The zero-order chi connectivity index (χ0) is 16.2. The standard InChI is InChI=1S/C20H25NO2/c1-15-8-7-10-17(20(23)21-12-5-2-6-13-21)18(15)14-16-9-3-4-11-19(16)22/h3-4,7,9-11,15,22H,2,5-6,8,12-14H2,1H3. The molecule has 0 saturated carbocycles. The molecule has 1 aromatic carbocycles. The van der Waals surface area contributed by atoms with Crippen molar-refractivity contribution in [1.82, 2.24) is 4.90 Å². The van der Waals surface area contributed by atoms with Gasteiger partial charge in [-0.1, -0.05) is 37.3 Å². The van der Waals surface area contributed by atoms with E-state index >= 15 is 0 Å². The Morgan fingerprint density at radius 3 is 2.70 bits per heavy atom. The molecule has 3 heteroatoms. The number of piperidine rings is 1. The van der Waals surface area contributed by atoms with E-state index in [4.69, 9.17) is 0 Å². The van der Waals surface area contributed by atoms with Crippen LogP contribution in [0.5, 0.6) is 5.75 Å². The van der Waals surface area contributed by atoms with Gasteiger partial charge >= 0.3 is 0 Å². The van der Waals surface area contributed by atoms with Gasteiger partial charge in [-0.3, -0.25) is 4.79 Å². The highest BCUT2D eigenvalue weighted by Gasteiger charge is 2.26. The van der Waals surface area contributed by atoms with Gasteiger partial charge in [0.1, 0.15) is 5.75 Å². The number of allylic oxidation sites excluding steroid dienone is 2. The molecule has 1 fully saturated rings. The topological polar surface area (TPSA) is 40.5 Å². The third-order valence-electron chi connectivity index (χ3n) is 4.96. The fraction of sp³-hybridized carbons (Fsp3) is 0.450. The van der Waals surface area contributed by atoms with Gasteiger partial charge in [0, 0.05) is 18.7 Å². The van der Waals surface area contributed by atoms with E-state index in [0.717, 1.165) is 49.1 Å². The molecular formula is C20H25NO2. The van der Waals surface area contributed by atoms with Crippen molar-refractivity contribution in [1.29, 1.82) is 0 Å². The molecule has 1 atom stereocenters. The van der Waals surface area contributed by atoms with Gasteiger partial charge in [-0.05, 0) is 55.2 Å². The number of phenolic OH excluding ortho intramolecular Hbond substituents is 1. The van der Waals surface area contributed by atoms with Crippen LogP contribution < -0.4 is 0 Å². The van der Waals surface area contributed by atoms with Crippen LogP contribution in [-0.2, 0) is 11.2 Å². The number of rotatable bonds is 3. The van der Waals surface area contributed by atoms with Crippen molar-refractivity contribution in [3.63, 3.8) is 0 Å². The molecule has 1 N–H and O–H groups in total. The van der Waals surface area contributed by atoms with Crippen molar-refractivity contribution in [3.8, 4) is 5.75 Å². The molecular weight excluding hydrogens is 286 g/mol. The Morgan fingerprint density at radius 2 is 1.96 bits per heavy atom. The van der Waals surface area contributed by atoms with Crippen molar-refractivity contribution in [3.05, 3.63) is 53.1 Å². The molecule has 0 radical (unpaired) electrons. The maximum atomic E-state index is 12.9. The van der Waals surface area contributed by atoms with Crippen molar-refractivity contribution in [2.24, 2.45) is 5.92 Å². The van der Waals surface area contributed by atoms with Crippen molar-refractivity contribution in [2.75, 3.05) is 13.1 Å². The number of nitrogens with zero attached hydrogens (tertiary/aromatic N) is 1. The van der Waals surface area contributed by atoms with Crippen LogP contribution in [0.2, 0.25) is 0 Å². The second kappa shape index (κ2) is 7.03.